The molecule has 1 aliphatic heterocycles. The summed E-state index contributed by atoms with van der Waals surface area (Å²) in [6, 6.07) is 8.89. The van der Waals surface area contributed by atoms with Gasteiger partial charge in [-0.25, -0.2) is 4.98 Å². The lowest BCUT2D eigenvalue weighted by molar-refractivity contribution is 0.425. The smallest absolute Gasteiger partial charge is 0.133 e. The van der Waals surface area contributed by atoms with Crippen LogP contribution in [-0.2, 0) is 6.54 Å². The lowest BCUT2D eigenvalue weighted by atomic mass is 10.2. The molecule has 0 spiro atoms. The molecule has 2 aromatic rings. The predicted molar refractivity (Wildman–Crippen MR) is 77.8 cm³/mol. The van der Waals surface area contributed by atoms with Gasteiger partial charge in [0.15, 0.2) is 0 Å². The van der Waals surface area contributed by atoms with E-state index in [0.29, 0.717) is 6.04 Å². The van der Waals surface area contributed by atoms with Gasteiger partial charge in [0.2, 0.25) is 0 Å². The zero-order valence-electron chi connectivity index (χ0n) is 11.7. The summed E-state index contributed by atoms with van der Waals surface area (Å²) in [7, 11) is 0. The van der Waals surface area contributed by atoms with E-state index in [1.165, 1.54) is 5.56 Å². The number of imidazole rings is 1. The Bertz CT molecular complexity index is 583. The Hall–Kier alpha value is -1.81. The van der Waals surface area contributed by atoms with Crippen LogP contribution >= 0.6 is 0 Å². The van der Waals surface area contributed by atoms with Gasteiger partial charge < -0.3 is 15.2 Å². The molecule has 1 atom stereocenters. The quantitative estimate of drug-likeness (QED) is 0.868. The van der Waals surface area contributed by atoms with E-state index in [9.17, 15) is 0 Å². The highest BCUT2D eigenvalue weighted by atomic mass is 15.2. The molecule has 0 aliphatic carbocycles. The molecular formula is C15H20N4. The Kier molecular flexibility index (Phi) is 3.03. The number of aromatic nitrogens is 2. The molecule has 0 saturated heterocycles. The molecule has 0 radical (unpaired) electrons. The molecule has 0 fully saturated rings. The summed E-state index contributed by atoms with van der Waals surface area (Å²) < 4.78 is 2.31. The summed E-state index contributed by atoms with van der Waals surface area (Å²) in [6.45, 7) is 8.22. The van der Waals surface area contributed by atoms with Crippen molar-refractivity contribution in [3.05, 3.63) is 41.3 Å². The molecular weight excluding hydrogens is 236 g/mol. The fourth-order valence-electron chi connectivity index (χ4n) is 2.61. The standard InChI is InChI=1S/C15H20N4/c1-10-4-6-13(7-5-10)18-15-12(3)17-14-9-16-8-11(2)19(14)15/h4-7,11,16,18H,8-9H2,1-3H3. The first kappa shape index (κ1) is 12.2. The molecule has 19 heavy (non-hydrogen) atoms. The minimum absolute atomic E-state index is 0.429. The van der Waals surface area contributed by atoms with Crippen LogP contribution in [0.3, 0.4) is 0 Å². The number of nitrogens with one attached hydrogen (secondary N) is 2. The van der Waals surface area contributed by atoms with Crippen molar-refractivity contribution in [2.45, 2.75) is 33.4 Å². The Morgan fingerprint density at radius 1 is 1.26 bits per heavy atom. The number of hydrogen-bond donors (Lipinski definition) is 2. The van der Waals surface area contributed by atoms with E-state index in [-0.39, 0.29) is 0 Å². The van der Waals surface area contributed by atoms with E-state index in [2.05, 4.69) is 65.2 Å². The molecule has 1 unspecified atom stereocenters. The molecule has 1 aliphatic rings. The highest BCUT2D eigenvalue weighted by Crippen LogP contribution is 2.27. The molecule has 0 saturated carbocycles. The van der Waals surface area contributed by atoms with E-state index < -0.39 is 0 Å². The normalized spacial score (nSPS) is 18.2. The van der Waals surface area contributed by atoms with Gasteiger partial charge in [0.25, 0.3) is 0 Å². The van der Waals surface area contributed by atoms with Crippen molar-refractivity contribution in [2.75, 3.05) is 11.9 Å². The maximum Gasteiger partial charge on any atom is 0.133 e. The van der Waals surface area contributed by atoms with Crippen molar-refractivity contribution in [3.63, 3.8) is 0 Å². The molecule has 3 rings (SSSR count). The van der Waals surface area contributed by atoms with Gasteiger partial charge in [0.05, 0.1) is 12.2 Å². The van der Waals surface area contributed by atoms with E-state index in [0.717, 1.165) is 36.1 Å². The molecule has 2 heterocycles. The number of rotatable bonds is 2. The second-order valence-electron chi connectivity index (χ2n) is 5.30. The first-order chi connectivity index (χ1) is 9.15. The van der Waals surface area contributed by atoms with E-state index >= 15 is 0 Å². The van der Waals surface area contributed by atoms with Gasteiger partial charge in [-0.1, -0.05) is 17.7 Å². The molecule has 0 bridgehead atoms. The van der Waals surface area contributed by atoms with Gasteiger partial charge >= 0.3 is 0 Å². The Morgan fingerprint density at radius 2 is 2.00 bits per heavy atom. The second-order valence-corrected chi connectivity index (χ2v) is 5.30. The number of nitrogens with zero attached hydrogens (tertiary/aromatic N) is 2. The van der Waals surface area contributed by atoms with Crippen molar-refractivity contribution in [2.24, 2.45) is 0 Å². The van der Waals surface area contributed by atoms with Crippen molar-refractivity contribution in [3.8, 4) is 0 Å². The van der Waals surface area contributed by atoms with Crippen molar-refractivity contribution >= 4 is 11.5 Å². The number of fused-ring (bicyclic) bond motifs is 1. The van der Waals surface area contributed by atoms with Gasteiger partial charge in [0.1, 0.15) is 11.6 Å². The topological polar surface area (TPSA) is 41.9 Å². The SMILES string of the molecule is Cc1ccc(Nc2c(C)nc3n2C(C)CNC3)cc1. The van der Waals surface area contributed by atoms with Crippen molar-refractivity contribution in [1.82, 2.24) is 14.9 Å². The van der Waals surface area contributed by atoms with Crippen molar-refractivity contribution < 1.29 is 0 Å². The zero-order chi connectivity index (χ0) is 13.4. The molecule has 0 amide bonds. The van der Waals surface area contributed by atoms with Crippen LogP contribution in [0.1, 0.15) is 30.0 Å². The maximum atomic E-state index is 4.65. The predicted octanol–water partition coefficient (Wildman–Crippen LogP) is 2.91. The summed E-state index contributed by atoms with van der Waals surface area (Å²) in [5.41, 5.74) is 3.45. The van der Waals surface area contributed by atoms with Gasteiger partial charge in [-0.05, 0) is 32.9 Å². The van der Waals surface area contributed by atoms with Gasteiger partial charge in [-0.15, -0.1) is 0 Å². The fraction of sp³-hybridized carbons (Fsp3) is 0.400. The third kappa shape index (κ3) is 2.24. The number of hydrogen-bond acceptors (Lipinski definition) is 3. The van der Waals surface area contributed by atoms with Crippen LogP contribution in [0.25, 0.3) is 0 Å². The van der Waals surface area contributed by atoms with Crippen molar-refractivity contribution in [1.29, 1.82) is 0 Å². The molecule has 100 valence electrons. The Balaban J connectivity index is 1.96. The van der Waals surface area contributed by atoms with Crippen LogP contribution in [0.15, 0.2) is 24.3 Å². The summed E-state index contributed by atoms with van der Waals surface area (Å²) in [6.07, 6.45) is 0. The van der Waals surface area contributed by atoms with Gasteiger partial charge in [-0.2, -0.15) is 0 Å². The highest BCUT2D eigenvalue weighted by Gasteiger charge is 2.22. The third-order valence-corrected chi connectivity index (χ3v) is 3.64. The van der Waals surface area contributed by atoms with Crippen LogP contribution in [0.2, 0.25) is 0 Å². The molecule has 1 aromatic carbocycles. The molecule has 1 aromatic heterocycles. The Morgan fingerprint density at radius 3 is 2.74 bits per heavy atom. The number of benzene rings is 1. The average Bonchev–Trinajstić information content (AvgIpc) is 2.70. The molecule has 4 heteroatoms. The summed E-state index contributed by atoms with van der Waals surface area (Å²) in [5, 5.41) is 6.90. The number of aryl methyl sites for hydroxylation is 2. The van der Waals surface area contributed by atoms with Crippen LogP contribution in [-0.4, -0.2) is 16.1 Å². The number of anilines is 2. The van der Waals surface area contributed by atoms with E-state index in [4.69, 9.17) is 0 Å². The van der Waals surface area contributed by atoms with E-state index in [1.807, 2.05) is 0 Å². The second kappa shape index (κ2) is 4.70. The minimum atomic E-state index is 0.429. The third-order valence-electron chi connectivity index (χ3n) is 3.64. The monoisotopic (exact) mass is 256 g/mol. The summed E-state index contributed by atoms with van der Waals surface area (Å²) in [5.74, 6) is 2.23. The first-order valence-electron chi connectivity index (χ1n) is 6.77. The maximum absolute atomic E-state index is 4.65. The zero-order valence-corrected chi connectivity index (χ0v) is 11.7. The van der Waals surface area contributed by atoms with Crippen LogP contribution in [0, 0.1) is 13.8 Å². The Labute approximate surface area is 113 Å². The summed E-state index contributed by atoms with van der Waals surface area (Å²) in [4.78, 5) is 4.65. The summed E-state index contributed by atoms with van der Waals surface area (Å²) >= 11 is 0. The lowest BCUT2D eigenvalue weighted by Crippen LogP contribution is -2.32. The molecule has 2 N–H and O–H groups in total. The minimum Gasteiger partial charge on any atom is -0.340 e. The van der Waals surface area contributed by atoms with E-state index in [1.54, 1.807) is 0 Å². The fourth-order valence-corrected chi connectivity index (χ4v) is 2.61. The highest BCUT2D eigenvalue weighted by molar-refractivity contribution is 5.59. The largest absolute Gasteiger partial charge is 0.340 e. The first-order valence-corrected chi connectivity index (χ1v) is 6.77. The van der Waals surface area contributed by atoms with Crippen LogP contribution in [0.4, 0.5) is 11.5 Å². The van der Waals surface area contributed by atoms with Gasteiger partial charge in [-0.3, -0.25) is 0 Å². The lowest BCUT2D eigenvalue weighted by Gasteiger charge is -2.25. The van der Waals surface area contributed by atoms with Crippen LogP contribution < -0.4 is 10.6 Å². The van der Waals surface area contributed by atoms with Gasteiger partial charge in [0, 0.05) is 18.3 Å². The molecule has 4 nitrogen and oxygen atoms in total. The van der Waals surface area contributed by atoms with Crippen LogP contribution in [0.5, 0.6) is 0 Å². The average molecular weight is 256 g/mol.